The summed E-state index contributed by atoms with van der Waals surface area (Å²) in [5.74, 6) is -1.16. The molecule has 0 aliphatic rings. The van der Waals surface area contributed by atoms with Crippen LogP contribution in [0, 0.1) is 5.92 Å². The minimum atomic E-state index is -1.01. The summed E-state index contributed by atoms with van der Waals surface area (Å²) in [6, 6.07) is -0.482. The van der Waals surface area contributed by atoms with Gasteiger partial charge in [-0.05, 0) is 33.6 Å². The van der Waals surface area contributed by atoms with Gasteiger partial charge in [0, 0.05) is 25.2 Å². The standard InChI is InChI=1S/C14H29N3O3/c1-9(2)12(13(18)19)16-14(20)15-7-8-17(10(3)4)11(5)6/h9-12H,7-8H2,1-6H3,(H,18,19)(H2,15,16,20). The number of urea groups is 1. The van der Waals surface area contributed by atoms with Crippen LogP contribution in [-0.2, 0) is 4.79 Å². The monoisotopic (exact) mass is 287 g/mol. The summed E-state index contributed by atoms with van der Waals surface area (Å²) in [6.45, 7) is 13.2. The van der Waals surface area contributed by atoms with Gasteiger partial charge in [0.25, 0.3) is 0 Å². The van der Waals surface area contributed by atoms with Crippen LogP contribution in [0.15, 0.2) is 0 Å². The number of nitrogens with one attached hydrogen (secondary N) is 2. The van der Waals surface area contributed by atoms with Crippen molar-refractivity contribution in [3.63, 3.8) is 0 Å². The van der Waals surface area contributed by atoms with Crippen LogP contribution in [0.25, 0.3) is 0 Å². The second kappa shape index (κ2) is 8.79. The van der Waals surface area contributed by atoms with Crippen molar-refractivity contribution in [1.82, 2.24) is 15.5 Å². The summed E-state index contributed by atoms with van der Waals surface area (Å²) in [5, 5.41) is 14.2. The summed E-state index contributed by atoms with van der Waals surface area (Å²) in [4.78, 5) is 24.9. The van der Waals surface area contributed by atoms with E-state index in [9.17, 15) is 9.59 Å². The molecule has 0 aromatic heterocycles. The van der Waals surface area contributed by atoms with Crippen LogP contribution in [0.3, 0.4) is 0 Å². The molecule has 0 rings (SSSR count). The van der Waals surface area contributed by atoms with Crippen molar-refractivity contribution < 1.29 is 14.7 Å². The molecule has 0 radical (unpaired) electrons. The molecule has 1 atom stereocenters. The van der Waals surface area contributed by atoms with Gasteiger partial charge in [-0.15, -0.1) is 0 Å². The zero-order valence-electron chi connectivity index (χ0n) is 13.4. The first-order valence-corrected chi connectivity index (χ1v) is 7.19. The highest BCUT2D eigenvalue weighted by Crippen LogP contribution is 2.03. The number of hydrogen-bond donors (Lipinski definition) is 3. The zero-order valence-corrected chi connectivity index (χ0v) is 13.4. The van der Waals surface area contributed by atoms with E-state index in [1.807, 2.05) is 0 Å². The lowest BCUT2D eigenvalue weighted by molar-refractivity contribution is -0.140. The Morgan fingerprint density at radius 2 is 1.55 bits per heavy atom. The van der Waals surface area contributed by atoms with E-state index >= 15 is 0 Å². The summed E-state index contributed by atoms with van der Waals surface area (Å²) < 4.78 is 0. The Kier molecular flexibility index (Phi) is 8.22. The van der Waals surface area contributed by atoms with Crippen molar-refractivity contribution in [3.05, 3.63) is 0 Å². The van der Waals surface area contributed by atoms with Crippen molar-refractivity contribution in [2.75, 3.05) is 13.1 Å². The third-order valence-electron chi connectivity index (χ3n) is 3.20. The number of carbonyl (C=O) groups excluding carboxylic acids is 1. The highest BCUT2D eigenvalue weighted by molar-refractivity contribution is 5.82. The fourth-order valence-corrected chi connectivity index (χ4v) is 2.12. The van der Waals surface area contributed by atoms with Crippen LogP contribution in [-0.4, -0.2) is 53.2 Å². The van der Waals surface area contributed by atoms with Crippen molar-refractivity contribution in [2.45, 2.75) is 59.7 Å². The van der Waals surface area contributed by atoms with Gasteiger partial charge in [0.05, 0.1) is 0 Å². The van der Waals surface area contributed by atoms with Gasteiger partial charge in [-0.2, -0.15) is 0 Å². The van der Waals surface area contributed by atoms with Gasteiger partial charge in [0.15, 0.2) is 0 Å². The fourth-order valence-electron chi connectivity index (χ4n) is 2.12. The van der Waals surface area contributed by atoms with Gasteiger partial charge in [-0.3, -0.25) is 4.90 Å². The summed E-state index contributed by atoms with van der Waals surface area (Å²) in [7, 11) is 0. The number of amides is 2. The molecule has 2 amide bonds. The van der Waals surface area contributed by atoms with Crippen LogP contribution in [0.5, 0.6) is 0 Å². The molecule has 6 heteroatoms. The second-order valence-electron chi connectivity index (χ2n) is 5.89. The number of carboxylic acids is 1. The summed E-state index contributed by atoms with van der Waals surface area (Å²) in [6.07, 6.45) is 0. The summed E-state index contributed by atoms with van der Waals surface area (Å²) >= 11 is 0. The van der Waals surface area contributed by atoms with E-state index in [0.29, 0.717) is 18.6 Å². The Bertz CT molecular complexity index is 309. The van der Waals surface area contributed by atoms with Crippen LogP contribution in [0.4, 0.5) is 4.79 Å². The van der Waals surface area contributed by atoms with Gasteiger partial charge in [0.2, 0.25) is 0 Å². The molecule has 0 fully saturated rings. The Morgan fingerprint density at radius 1 is 1.05 bits per heavy atom. The molecule has 0 spiro atoms. The quantitative estimate of drug-likeness (QED) is 0.632. The van der Waals surface area contributed by atoms with Crippen LogP contribution >= 0.6 is 0 Å². The molecular formula is C14H29N3O3. The molecule has 20 heavy (non-hydrogen) atoms. The van der Waals surface area contributed by atoms with E-state index in [2.05, 4.69) is 43.2 Å². The third-order valence-corrected chi connectivity index (χ3v) is 3.20. The SMILES string of the molecule is CC(C)C(NC(=O)NCCN(C(C)C)C(C)C)C(=O)O. The summed E-state index contributed by atoms with van der Waals surface area (Å²) in [5.41, 5.74) is 0. The van der Waals surface area contributed by atoms with Gasteiger partial charge in [0.1, 0.15) is 6.04 Å². The van der Waals surface area contributed by atoms with Crippen LogP contribution < -0.4 is 10.6 Å². The Balaban J connectivity index is 4.19. The maximum Gasteiger partial charge on any atom is 0.326 e. The van der Waals surface area contributed by atoms with E-state index in [4.69, 9.17) is 5.11 Å². The van der Waals surface area contributed by atoms with Gasteiger partial charge in [-0.25, -0.2) is 9.59 Å². The minimum absolute atomic E-state index is 0.152. The molecular weight excluding hydrogens is 258 g/mol. The molecule has 0 saturated heterocycles. The predicted molar refractivity (Wildman–Crippen MR) is 79.8 cm³/mol. The first-order valence-electron chi connectivity index (χ1n) is 7.19. The minimum Gasteiger partial charge on any atom is -0.480 e. The Labute approximate surface area is 121 Å². The number of aliphatic carboxylic acids is 1. The number of hydrogen-bond acceptors (Lipinski definition) is 3. The molecule has 118 valence electrons. The topological polar surface area (TPSA) is 81.7 Å². The predicted octanol–water partition coefficient (Wildman–Crippen LogP) is 1.51. The Hall–Kier alpha value is -1.30. The molecule has 0 heterocycles. The van der Waals surface area contributed by atoms with E-state index < -0.39 is 18.0 Å². The second-order valence-corrected chi connectivity index (χ2v) is 5.89. The lowest BCUT2D eigenvalue weighted by Gasteiger charge is -2.30. The highest BCUT2D eigenvalue weighted by Gasteiger charge is 2.23. The molecule has 1 unspecified atom stereocenters. The van der Waals surface area contributed by atoms with Gasteiger partial charge in [-0.1, -0.05) is 13.8 Å². The molecule has 6 nitrogen and oxygen atoms in total. The van der Waals surface area contributed by atoms with E-state index in [1.54, 1.807) is 13.8 Å². The van der Waals surface area contributed by atoms with Crippen molar-refractivity contribution >= 4 is 12.0 Å². The maximum absolute atomic E-state index is 11.7. The average molecular weight is 287 g/mol. The van der Waals surface area contributed by atoms with E-state index in [-0.39, 0.29) is 5.92 Å². The molecule has 0 aromatic rings. The largest absolute Gasteiger partial charge is 0.480 e. The molecule has 3 N–H and O–H groups in total. The van der Waals surface area contributed by atoms with Gasteiger partial charge < -0.3 is 15.7 Å². The van der Waals surface area contributed by atoms with Crippen LogP contribution in [0.2, 0.25) is 0 Å². The molecule has 0 bridgehead atoms. The third kappa shape index (κ3) is 6.75. The van der Waals surface area contributed by atoms with Crippen molar-refractivity contribution in [1.29, 1.82) is 0 Å². The number of carboxylic acid groups (broad SMARTS) is 1. The first-order chi connectivity index (χ1) is 9.16. The van der Waals surface area contributed by atoms with E-state index in [1.165, 1.54) is 0 Å². The smallest absolute Gasteiger partial charge is 0.326 e. The molecule has 0 aliphatic carbocycles. The van der Waals surface area contributed by atoms with E-state index in [0.717, 1.165) is 6.54 Å². The normalized spacial score (nSPS) is 13.1. The number of carbonyl (C=O) groups is 2. The lowest BCUT2D eigenvalue weighted by atomic mass is 10.1. The number of rotatable bonds is 8. The van der Waals surface area contributed by atoms with Gasteiger partial charge >= 0.3 is 12.0 Å². The molecule has 0 aromatic carbocycles. The van der Waals surface area contributed by atoms with Crippen LogP contribution in [0.1, 0.15) is 41.5 Å². The number of nitrogens with zero attached hydrogens (tertiary/aromatic N) is 1. The average Bonchev–Trinajstić information content (AvgIpc) is 2.29. The molecule has 0 aliphatic heterocycles. The lowest BCUT2D eigenvalue weighted by Crippen LogP contribution is -2.50. The van der Waals surface area contributed by atoms with Crippen molar-refractivity contribution in [2.24, 2.45) is 5.92 Å². The highest BCUT2D eigenvalue weighted by atomic mass is 16.4. The van der Waals surface area contributed by atoms with Crippen molar-refractivity contribution in [3.8, 4) is 0 Å². The first kappa shape index (κ1) is 18.7. The Morgan fingerprint density at radius 3 is 1.90 bits per heavy atom. The fraction of sp³-hybridized carbons (Fsp3) is 0.857. The maximum atomic E-state index is 11.7. The zero-order chi connectivity index (χ0) is 15.9. The molecule has 0 saturated carbocycles.